The highest BCUT2D eigenvalue weighted by molar-refractivity contribution is 5.81. The predicted molar refractivity (Wildman–Crippen MR) is 151 cm³/mol. The van der Waals surface area contributed by atoms with Crippen LogP contribution in [0.15, 0.2) is 30.9 Å². The number of anilines is 1. The number of nitrogens with one attached hydrogen (secondary N) is 1. The summed E-state index contributed by atoms with van der Waals surface area (Å²) < 4.78 is 1.84. The van der Waals surface area contributed by atoms with Crippen LogP contribution in [-0.2, 0) is 11.8 Å². The van der Waals surface area contributed by atoms with Crippen molar-refractivity contribution in [2.24, 2.45) is 11.8 Å². The molecule has 0 unspecified atom stereocenters. The molecule has 0 spiro atoms. The van der Waals surface area contributed by atoms with Gasteiger partial charge in [-0.05, 0) is 61.8 Å². The molecule has 2 aliphatic rings. The van der Waals surface area contributed by atoms with Crippen molar-refractivity contribution in [2.45, 2.75) is 82.6 Å². The van der Waals surface area contributed by atoms with E-state index in [2.05, 4.69) is 70.9 Å². The molecule has 6 rings (SSSR count). The quantitative estimate of drug-likeness (QED) is 0.284. The van der Waals surface area contributed by atoms with Gasteiger partial charge in [-0.15, -0.1) is 0 Å². The third-order valence-corrected chi connectivity index (χ3v) is 9.06. The Bertz CT molecular complexity index is 1470. The standard InChI is InChI=1S/C29H40N8O2/c1-29(2,3)18-6-7-20-21(12-18)35-23(34-20)8-5-16-9-19(10-16)36(4)13-17-11-22(26(39)25(17)38)37-15-33-24-27(30)31-14-32-28(24)37/h6-7,12,14-17,19,22,25-26,38-39H,5,8-11,13H2,1-4H3,(H,34,35)(H2,30,31,32)/t16-,17-,19+,22-,25-,26+/m1/s1. The Labute approximate surface area is 228 Å². The Morgan fingerprint density at radius 2 is 1.90 bits per heavy atom. The third kappa shape index (κ3) is 4.90. The second-order valence-electron chi connectivity index (χ2n) is 12.8. The minimum atomic E-state index is -0.880. The van der Waals surface area contributed by atoms with Crippen LogP contribution in [0.4, 0.5) is 5.82 Å². The first-order valence-electron chi connectivity index (χ1n) is 14.1. The zero-order chi connectivity index (χ0) is 27.5. The van der Waals surface area contributed by atoms with Crippen LogP contribution in [-0.4, -0.2) is 76.4 Å². The summed E-state index contributed by atoms with van der Waals surface area (Å²) in [7, 11) is 2.14. The van der Waals surface area contributed by atoms with Gasteiger partial charge in [-0.3, -0.25) is 0 Å². The summed E-state index contributed by atoms with van der Waals surface area (Å²) >= 11 is 0. The lowest BCUT2D eigenvalue weighted by atomic mass is 9.76. The number of nitrogen functional groups attached to an aromatic ring is 1. The number of aliphatic hydroxyl groups is 2. The van der Waals surface area contributed by atoms with Crippen molar-refractivity contribution in [2.75, 3.05) is 19.3 Å². The van der Waals surface area contributed by atoms with Gasteiger partial charge < -0.3 is 30.4 Å². The molecule has 0 radical (unpaired) electrons. The Kier molecular flexibility index (Phi) is 6.60. The highest BCUT2D eigenvalue weighted by Crippen LogP contribution is 2.40. The number of hydrogen-bond acceptors (Lipinski definition) is 8. The van der Waals surface area contributed by atoms with Crippen LogP contribution in [0.1, 0.15) is 63.9 Å². The molecule has 2 aliphatic carbocycles. The number of benzene rings is 1. The van der Waals surface area contributed by atoms with Crippen LogP contribution >= 0.6 is 0 Å². The van der Waals surface area contributed by atoms with Gasteiger partial charge in [0.15, 0.2) is 11.5 Å². The van der Waals surface area contributed by atoms with Gasteiger partial charge in [-0.25, -0.2) is 19.9 Å². The fourth-order valence-corrected chi connectivity index (χ4v) is 6.47. The number of aromatic nitrogens is 6. The number of hydrogen-bond donors (Lipinski definition) is 4. The number of fused-ring (bicyclic) bond motifs is 2. The van der Waals surface area contributed by atoms with E-state index in [1.165, 1.54) is 11.9 Å². The zero-order valence-corrected chi connectivity index (χ0v) is 23.2. The number of nitrogens with two attached hydrogens (primary N) is 1. The molecule has 4 aromatic rings. The number of aromatic amines is 1. The maximum absolute atomic E-state index is 10.9. The monoisotopic (exact) mass is 532 g/mol. The number of aliphatic hydroxyl groups excluding tert-OH is 2. The van der Waals surface area contributed by atoms with E-state index in [0.29, 0.717) is 35.4 Å². The molecular weight excluding hydrogens is 492 g/mol. The van der Waals surface area contributed by atoms with E-state index in [0.717, 1.165) is 49.1 Å². The number of aryl methyl sites for hydroxylation is 1. The smallest absolute Gasteiger partial charge is 0.165 e. The Morgan fingerprint density at radius 3 is 2.67 bits per heavy atom. The topological polar surface area (TPSA) is 142 Å². The van der Waals surface area contributed by atoms with Crippen molar-refractivity contribution in [1.82, 2.24) is 34.4 Å². The first-order valence-corrected chi connectivity index (χ1v) is 14.1. The fraction of sp³-hybridized carbons (Fsp3) is 0.586. The summed E-state index contributed by atoms with van der Waals surface area (Å²) in [6, 6.07) is 6.76. The van der Waals surface area contributed by atoms with Gasteiger partial charge in [0.2, 0.25) is 0 Å². The third-order valence-electron chi connectivity index (χ3n) is 9.06. The van der Waals surface area contributed by atoms with E-state index in [9.17, 15) is 10.2 Å². The number of rotatable bonds is 7. The molecule has 10 heteroatoms. The molecule has 3 aromatic heterocycles. The van der Waals surface area contributed by atoms with Crippen molar-refractivity contribution in [3.05, 3.63) is 42.2 Å². The molecule has 4 atom stereocenters. The maximum atomic E-state index is 10.9. The van der Waals surface area contributed by atoms with Gasteiger partial charge in [-0.2, -0.15) is 0 Å². The molecular formula is C29H40N8O2. The molecule has 0 aliphatic heterocycles. The van der Waals surface area contributed by atoms with Gasteiger partial charge in [0.05, 0.1) is 29.5 Å². The lowest BCUT2D eigenvalue weighted by Gasteiger charge is -2.42. The minimum Gasteiger partial charge on any atom is -0.390 e. The summed E-state index contributed by atoms with van der Waals surface area (Å²) in [6.45, 7) is 7.43. The van der Waals surface area contributed by atoms with Gasteiger partial charge in [0, 0.05) is 24.9 Å². The van der Waals surface area contributed by atoms with Gasteiger partial charge >= 0.3 is 0 Å². The number of imidazole rings is 2. The van der Waals surface area contributed by atoms with Crippen molar-refractivity contribution in [1.29, 1.82) is 0 Å². The summed E-state index contributed by atoms with van der Waals surface area (Å²) in [5, 5.41) is 21.8. The van der Waals surface area contributed by atoms with Crippen LogP contribution in [0.3, 0.4) is 0 Å². The second-order valence-corrected chi connectivity index (χ2v) is 12.8. The average molecular weight is 533 g/mol. The zero-order valence-electron chi connectivity index (χ0n) is 23.2. The summed E-state index contributed by atoms with van der Waals surface area (Å²) in [6.07, 6.45) is 6.43. The lowest BCUT2D eigenvalue weighted by molar-refractivity contribution is -0.00662. The second kappa shape index (κ2) is 9.83. The molecule has 3 heterocycles. The van der Waals surface area contributed by atoms with E-state index in [1.807, 2.05) is 4.57 Å². The van der Waals surface area contributed by atoms with Crippen LogP contribution in [0, 0.1) is 11.8 Å². The summed E-state index contributed by atoms with van der Waals surface area (Å²) in [4.78, 5) is 23.4. The van der Waals surface area contributed by atoms with Crippen molar-refractivity contribution < 1.29 is 10.2 Å². The molecule has 0 amide bonds. The first kappa shape index (κ1) is 26.2. The van der Waals surface area contributed by atoms with Crippen LogP contribution in [0.5, 0.6) is 0 Å². The number of nitrogens with zero attached hydrogens (tertiary/aromatic N) is 6. The van der Waals surface area contributed by atoms with Crippen molar-refractivity contribution >= 4 is 28.0 Å². The van der Waals surface area contributed by atoms with Crippen molar-refractivity contribution in [3.8, 4) is 0 Å². The molecule has 5 N–H and O–H groups in total. The highest BCUT2D eigenvalue weighted by atomic mass is 16.3. The van der Waals surface area contributed by atoms with E-state index < -0.39 is 12.2 Å². The van der Waals surface area contributed by atoms with Gasteiger partial charge in [0.1, 0.15) is 23.8 Å². The van der Waals surface area contributed by atoms with Crippen LogP contribution in [0.25, 0.3) is 22.2 Å². The largest absolute Gasteiger partial charge is 0.390 e. The van der Waals surface area contributed by atoms with Gasteiger partial charge in [0.25, 0.3) is 0 Å². The summed E-state index contributed by atoms with van der Waals surface area (Å²) in [5.74, 6) is 2.04. The van der Waals surface area contributed by atoms with Crippen LogP contribution < -0.4 is 5.73 Å². The van der Waals surface area contributed by atoms with E-state index in [1.54, 1.807) is 6.33 Å². The molecule has 208 valence electrons. The van der Waals surface area contributed by atoms with E-state index in [4.69, 9.17) is 10.7 Å². The fourth-order valence-electron chi connectivity index (χ4n) is 6.47. The van der Waals surface area contributed by atoms with Crippen molar-refractivity contribution in [3.63, 3.8) is 0 Å². The average Bonchev–Trinajstić information content (AvgIpc) is 3.54. The normalized spacial score (nSPS) is 27.6. The molecule has 10 nitrogen and oxygen atoms in total. The molecule has 39 heavy (non-hydrogen) atoms. The predicted octanol–water partition coefficient (Wildman–Crippen LogP) is 3.21. The Morgan fingerprint density at radius 1 is 1.10 bits per heavy atom. The molecule has 2 fully saturated rings. The molecule has 0 saturated heterocycles. The number of H-pyrrole nitrogens is 1. The lowest BCUT2D eigenvalue weighted by Crippen LogP contribution is -2.46. The van der Waals surface area contributed by atoms with Gasteiger partial charge in [-0.1, -0.05) is 26.8 Å². The molecule has 0 bridgehead atoms. The SMILES string of the molecule is CN(C[C@H]1C[C@@H](n2cnc3c(N)ncnc32)[C@H](O)[C@@H]1O)[C@H]1C[C@@H](CCc2nc3cc(C(C)(C)C)ccc3[nH]2)C1. The van der Waals surface area contributed by atoms with Crippen LogP contribution in [0.2, 0.25) is 0 Å². The maximum Gasteiger partial charge on any atom is 0.165 e. The Hall–Kier alpha value is -3.08. The Balaban J connectivity index is 1.01. The van der Waals surface area contributed by atoms with E-state index in [-0.39, 0.29) is 17.4 Å². The molecule has 1 aromatic carbocycles. The first-order chi connectivity index (χ1) is 18.6. The van der Waals surface area contributed by atoms with E-state index >= 15 is 0 Å². The summed E-state index contributed by atoms with van der Waals surface area (Å²) in [5.41, 5.74) is 10.6. The molecule has 2 saturated carbocycles. The highest BCUT2D eigenvalue weighted by Gasteiger charge is 2.44. The minimum absolute atomic E-state index is 0.0285.